The first kappa shape index (κ1) is 10.1. The number of likely N-dealkylation sites (N-methyl/N-ethyl adjacent to an activating group) is 1. The van der Waals surface area contributed by atoms with E-state index in [1.165, 1.54) is 19.2 Å². The molecule has 0 aromatic heterocycles. The number of carbonyl (C=O) groups excluding carboxylic acids is 2. The zero-order valence-corrected chi connectivity index (χ0v) is 6.13. The number of rotatable bonds is 0. The van der Waals surface area contributed by atoms with Crippen LogP contribution in [-0.4, -0.2) is 34.1 Å². The number of hydrogen-bond acceptors (Lipinski definition) is 4. The van der Waals surface area contributed by atoms with Crippen molar-refractivity contribution >= 4 is 11.8 Å². The highest BCUT2D eigenvalue weighted by Crippen LogP contribution is 1.97. The molecule has 1 aliphatic rings. The second kappa shape index (κ2) is 4.06. The maximum atomic E-state index is 10.4. The molecule has 0 spiro atoms. The van der Waals surface area contributed by atoms with Crippen LogP contribution in [0.15, 0.2) is 12.2 Å². The second-order valence-electron chi connectivity index (χ2n) is 1.81. The Balaban J connectivity index is 0.000000261. The molecule has 0 unspecified atom stereocenters. The molecule has 7 heteroatoms. The molecule has 0 fully saturated rings. The van der Waals surface area contributed by atoms with Crippen LogP contribution in [0.1, 0.15) is 0 Å². The molecule has 0 aliphatic carbocycles. The molecule has 0 atom stereocenters. The summed E-state index contributed by atoms with van der Waals surface area (Å²) in [7, 11) is 1.45. The zero-order valence-electron chi connectivity index (χ0n) is 6.13. The van der Waals surface area contributed by atoms with Gasteiger partial charge < -0.3 is 5.21 Å². The molecule has 0 saturated heterocycles. The minimum absolute atomic E-state index is 0.241. The number of nitrogens with zero attached hydrogens (tertiary/aromatic N) is 2. The van der Waals surface area contributed by atoms with Gasteiger partial charge in [-0.05, 0) is 0 Å². The maximum absolute atomic E-state index is 10.4. The normalized spacial score (nSPS) is 14.2. The lowest BCUT2D eigenvalue weighted by Crippen LogP contribution is -2.24. The molecule has 66 valence electrons. The van der Waals surface area contributed by atoms with Crippen LogP contribution in [0.4, 0.5) is 0 Å². The van der Waals surface area contributed by atoms with Crippen LogP contribution >= 0.6 is 0 Å². The summed E-state index contributed by atoms with van der Waals surface area (Å²) in [6.45, 7) is 0. The molecular formula is C5H6N2O5. The van der Waals surface area contributed by atoms with Crippen molar-refractivity contribution in [2.75, 3.05) is 7.05 Å². The van der Waals surface area contributed by atoms with Gasteiger partial charge >= 0.3 is 0 Å². The molecule has 0 aromatic rings. The molecule has 1 N–H and O–H groups in total. The van der Waals surface area contributed by atoms with Crippen LogP contribution < -0.4 is 0 Å². The molecule has 1 heterocycles. The molecule has 0 aromatic carbocycles. The topological polar surface area (TPSA) is 101 Å². The molecule has 1 rings (SSSR count). The zero-order chi connectivity index (χ0) is 9.72. The highest BCUT2D eigenvalue weighted by molar-refractivity contribution is 6.12. The van der Waals surface area contributed by atoms with E-state index in [0.29, 0.717) is 0 Å². The molecule has 1 aliphatic heterocycles. The summed E-state index contributed by atoms with van der Waals surface area (Å²) in [6, 6.07) is 0. The Kier molecular flexibility index (Phi) is 3.41. The predicted molar refractivity (Wildman–Crippen MR) is 35.7 cm³/mol. The highest BCUT2D eigenvalue weighted by Gasteiger charge is 2.17. The second-order valence-corrected chi connectivity index (χ2v) is 1.81. The van der Waals surface area contributed by atoms with E-state index in [2.05, 4.69) is 0 Å². The van der Waals surface area contributed by atoms with E-state index in [9.17, 15) is 9.59 Å². The van der Waals surface area contributed by atoms with Crippen LogP contribution in [-0.2, 0) is 9.59 Å². The molecule has 0 bridgehead atoms. The minimum atomic E-state index is -1.50. The van der Waals surface area contributed by atoms with Crippen molar-refractivity contribution in [3.63, 3.8) is 0 Å². The fourth-order valence-electron chi connectivity index (χ4n) is 0.475. The van der Waals surface area contributed by atoms with Crippen molar-refractivity contribution in [2.24, 2.45) is 0 Å². The molecule has 0 saturated carbocycles. The Morgan fingerprint density at radius 2 is 1.67 bits per heavy atom. The van der Waals surface area contributed by atoms with E-state index < -0.39 is 5.09 Å². The van der Waals surface area contributed by atoms with Crippen LogP contribution in [0.3, 0.4) is 0 Å². The predicted octanol–water partition coefficient (Wildman–Crippen LogP) is -0.806. The van der Waals surface area contributed by atoms with Crippen molar-refractivity contribution in [3.05, 3.63) is 22.3 Å². The SMILES string of the molecule is CN1C(=O)C=CC1=O.O=[N+]([O-])O. The number of imide groups is 1. The van der Waals surface area contributed by atoms with Gasteiger partial charge in [0, 0.05) is 19.2 Å². The average Bonchev–Trinajstić information content (AvgIpc) is 2.19. The van der Waals surface area contributed by atoms with E-state index in [0.717, 1.165) is 4.90 Å². The van der Waals surface area contributed by atoms with Crippen molar-refractivity contribution in [1.82, 2.24) is 4.90 Å². The third-order valence-corrected chi connectivity index (χ3v) is 1.03. The summed E-state index contributed by atoms with van der Waals surface area (Å²) >= 11 is 0. The Morgan fingerprint density at radius 3 is 1.75 bits per heavy atom. The third-order valence-electron chi connectivity index (χ3n) is 1.03. The lowest BCUT2D eigenvalue weighted by Gasteiger charge is -2.01. The summed E-state index contributed by atoms with van der Waals surface area (Å²) in [5.41, 5.74) is 0. The lowest BCUT2D eigenvalue weighted by atomic mass is 10.6. The standard InChI is InChI=1S/C5H5NO2.HNO3/c1-6-4(7)2-3-5(6)8;2-1(3)4/h2-3H,1H3;(H,2,3,4). The molecular weight excluding hydrogens is 168 g/mol. The largest absolute Gasteiger partial charge is 0.328 e. The van der Waals surface area contributed by atoms with E-state index in [-0.39, 0.29) is 11.8 Å². The Bertz CT molecular complexity index is 224. The van der Waals surface area contributed by atoms with Gasteiger partial charge in [-0.15, -0.1) is 10.1 Å². The summed E-state index contributed by atoms with van der Waals surface area (Å²) in [5, 5.41) is 13.6. The molecule has 7 nitrogen and oxygen atoms in total. The summed E-state index contributed by atoms with van der Waals surface area (Å²) in [4.78, 5) is 30.2. The van der Waals surface area contributed by atoms with Gasteiger partial charge in [0.15, 0.2) is 0 Å². The van der Waals surface area contributed by atoms with Gasteiger partial charge in [0.05, 0.1) is 0 Å². The molecule has 0 radical (unpaired) electrons. The Hall–Kier alpha value is -1.92. The fourth-order valence-corrected chi connectivity index (χ4v) is 0.475. The van der Waals surface area contributed by atoms with Crippen molar-refractivity contribution in [2.45, 2.75) is 0 Å². The van der Waals surface area contributed by atoms with Gasteiger partial charge in [0.2, 0.25) is 0 Å². The summed E-state index contributed by atoms with van der Waals surface area (Å²) < 4.78 is 0. The third kappa shape index (κ3) is 3.30. The van der Waals surface area contributed by atoms with Crippen LogP contribution in [0, 0.1) is 10.1 Å². The number of hydrogen-bond donors (Lipinski definition) is 1. The monoisotopic (exact) mass is 174 g/mol. The van der Waals surface area contributed by atoms with Crippen LogP contribution in [0.2, 0.25) is 0 Å². The first-order chi connectivity index (χ1) is 5.45. The van der Waals surface area contributed by atoms with E-state index in [1.54, 1.807) is 0 Å². The van der Waals surface area contributed by atoms with Crippen LogP contribution in [0.25, 0.3) is 0 Å². The van der Waals surface area contributed by atoms with Gasteiger partial charge in [-0.2, -0.15) is 0 Å². The van der Waals surface area contributed by atoms with Crippen molar-refractivity contribution in [3.8, 4) is 0 Å². The molecule has 2 amide bonds. The van der Waals surface area contributed by atoms with Crippen molar-refractivity contribution in [1.29, 1.82) is 0 Å². The van der Waals surface area contributed by atoms with Gasteiger partial charge in [-0.3, -0.25) is 14.5 Å². The fraction of sp³-hybridized carbons (Fsp3) is 0.200. The van der Waals surface area contributed by atoms with Gasteiger partial charge in [-0.25, -0.2) is 0 Å². The lowest BCUT2D eigenvalue weighted by molar-refractivity contribution is -0.742. The van der Waals surface area contributed by atoms with E-state index in [4.69, 9.17) is 15.3 Å². The van der Waals surface area contributed by atoms with Gasteiger partial charge in [-0.1, -0.05) is 0 Å². The highest BCUT2D eigenvalue weighted by atomic mass is 16.9. The molecule has 12 heavy (non-hydrogen) atoms. The summed E-state index contributed by atoms with van der Waals surface area (Å²) in [6.07, 6.45) is 2.50. The van der Waals surface area contributed by atoms with E-state index >= 15 is 0 Å². The van der Waals surface area contributed by atoms with Gasteiger partial charge in [0.25, 0.3) is 16.9 Å². The number of amides is 2. The van der Waals surface area contributed by atoms with Gasteiger partial charge in [0.1, 0.15) is 0 Å². The average molecular weight is 174 g/mol. The first-order valence-corrected chi connectivity index (χ1v) is 2.78. The minimum Gasteiger partial charge on any atom is -0.328 e. The van der Waals surface area contributed by atoms with Crippen molar-refractivity contribution < 1.29 is 19.9 Å². The Morgan fingerprint density at radius 1 is 1.42 bits per heavy atom. The first-order valence-electron chi connectivity index (χ1n) is 2.78. The quantitative estimate of drug-likeness (QED) is 0.294. The number of carbonyl (C=O) groups is 2. The van der Waals surface area contributed by atoms with Crippen LogP contribution in [0.5, 0.6) is 0 Å². The summed E-state index contributed by atoms with van der Waals surface area (Å²) in [5.74, 6) is -0.481. The smallest absolute Gasteiger partial charge is 0.291 e. The maximum Gasteiger partial charge on any atom is 0.291 e. The van der Waals surface area contributed by atoms with E-state index in [1.807, 2.05) is 0 Å². The Labute approximate surface area is 67.0 Å².